The quantitative estimate of drug-likeness (QED) is 0.884. The molecule has 1 heterocycles. The van der Waals surface area contributed by atoms with Gasteiger partial charge < -0.3 is 5.32 Å². The van der Waals surface area contributed by atoms with Gasteiger partial charge in [0, 0.05) is 36.2 Å². The molecule has 0 bridgehead atoms. The third-order valence-corrected chi connectivity index (χ3v) is 5.58. The summed E-state index contributed by atoms with van der Waals surface area (Å²) in [6.45, 7) is 7.65. The first kappa shape index (κ1) is 15.4. The maximum atomic E-state index is 13.3. The van der Waals surface area contributed by atoms with Crippen LogP contribution in [0.1, 0.15) is 32.3 Å². The van der Waals surface area contributed by atoms with Gasteiger partial charge in [0.15, 0.2) is 0 Å². The largest absolute Gasteiger partial charge is 0.311 e. The summed E-state index contributed by atoms with van der Waals surface area (Å²) in [5, 5.41) is 3.74. The van der Waals surface area contributed by atoms with Gasteiger partial charge in [0.2, 0.25) is 0 Å². The normalized spacial score (nSPS) is 27.3. The van der Waals surface area contributed by atoms with Crippen molar-refractivity contribution in [3.05, 3.63) is 34.1 Å². The minimum absolute atomic E-state index is 0.179. The second-order valence-corrected chi connectivity index (χ2v) is 7.68. The lowest BCUT2D eigenvalue weighted by Crippen LogP contribution is -2.58. The van der Waals surface area contributed by atoms with Gasteiger partial charge in [0.05, 0.1) is 0 Å². The van der Waals surface area contributed by atoms with E-state index >= 15 is 0 Å². The van der Waals surface area contributed by atoms with E-state index in [0.29, 0.717) is 18.0 Å². The van der Waals surface area contributed by atoms with E-state index in [-0.39, 0.29) is 5.82 Å². The fourth-order valence-electron chi connectivity index (χ4n) is 3.38. The van der Waals surface area contributed by atoms with Crippen molar-refractivity contribution in [2.24, 2.45) is 11.8 Å². The number of benzene rings is 1. The lowest BCUT2D eigenvalue weighted by Gasteiger charge is -2.43. The second-order valence-electron chi connectivity index (χ2n) is 6.83. The van der Waals surface area contributed by atoms with Gasteiger partial charge in [-0.3, -0.25) is 4.90 Å². The zero-order chi connectivity index (χ0) is 15.0. The average Bonchev–Trinajstić information content (AvgIpc) is 3.26. The molecule has 1 aromatic carbocycles. The highest BCUT2D eigenvalue weighted by atomic mass is 79.9. The van der Waals surface area contributed by atoms with Crippen LogP contribution in [0.2, 0.25) is 0 Å². The number of hydrogen-bond donors (Lipinski definition) is 1. The maximum Gasteiger partial charge on any atom is 0.124 e. The molecule has 1 aliphatic heterocycles. The zero-order valence-corrected chi connectivity index (χ0v) is 14.4. The Bertz CT molecular complexity index is 502. The lowest BCUT2D eigenvalue weighted by atomic mass is 9.96. The Balaban J connectivity index is 1.74. The molecular weight excluding hydrogens is 331 g/mol. The Kier molecular flexibility index (Phi) is 4.67. The fraction of sp³-hybridized carbons (Fsp3) is 0.647. The highest BCUT2D eigenvalue weighted by Crippen LogP contribution is 2.35. The van der Waals surface area contributed by atoms with Crippen molar-refractivity contribution in [3.63, 3.8) is 0 Å². The summed E-state index contributed by atoms with van der Waals surface area (Å²) in [5.41, 5.74) is 1.18. The molecule has 1 saturated heterocycles. The summed E-state index contributed by atoms with van der Waals surface area (Å²) < 4.78 is 14.1. The van der Waals surface area contributed by atoms with Crippen molar-refractivity contribution in [2.45, 2.75) is 45.3 Å². The van der Waals surface area contributed by atoms with Gasteiger partial charge in [-0.2, -0.15) is 0 Å². The molecule has 2 fully saturated rings. The van der Waals surface area contributed by atoms with E-state index in [4.69, 9.17) is 0 Å². The fourth-order valence-corrected chi connectivity index (χ4v) is 3.85. The van der Waals surface area contributed by atoms with Crippen molar-refractivity contribution in [2.75, 3.05) is 13.1 Å². The zero-order valence-electron chi connectivity index (χ0n) is 12.8. The average molecular weight is 355 g/mol. The second kappa shape index (κ2) is 6.35. The molecule has 0 radical (unpaired) electrons. The van der Waals surface area contributed by atoms with Crippen LogP contribution in [-0.4, -0.2) is 30.1 Å². The highest BCUT2D eigenvalue weighted by Gasteiger charge is 2.37. The Morgan fingerprint density at radius 1 is 1.38 bits per heavy atom. The molecule has 2 aliphatic rings. The number of nitrogens with one attached hydrogen (secondary N) is 1. The molecule has 3 rings (SSSR count). The number of rotatable bonds is 4. The summed E-state index contributed by atoms with van der Waals surface area (Å²) in [5.74, 6) is 1.32. The van der Waals surface area contributed by atoms with E-state index in [1.54, 1.807) is 12.1 Å². The van der Waals surface area contributed by atoms with Crippen LogP contribution in [0, 0.1) is 17.7 Å². The molecular formula is C17H24BrFN2. The van der Waals surface area contributed by atoms with Crippen LogP contribution in [0.3, 0.4) is 0 Å². The SMILES string of the molecule is CC(C)C1CNC(C2CC2)CN1Cc1ccc(F)cc1Br. The van der Waals surface area contributed by atoms with E-state index in [2.05, 4.69) is 40.0 Å². The summed E-state index contributed by atoms with van der Waals surface area (Å²) in [6.07, 6.45) is 2.75. The highest BCUT2D eigenvalue weighted by molar-refractivity contribution is 9.10. The van der Waals surface area contributed by atoms with Gasteiger partial charge in [-0.05, 0) is 42.4 Å². The Morgan fingerprint density at radius 3 is 2.76 bits per heavy atom. The van der Waals surface area contributed by atoms with Crippen molar-refractivity contribution >= 4 is 15.9 Å². The maximum absolute atomic E-state index is 13.3. The predicted molar refractivity (Wildman–Crippen MR) is 87.7 cm³/mol. The molecule has 2 nitrogen and oxygen atoms in total. The van der Waals surface area contributed by atoms with Crippen LogP contribution in [0.4, 0.5) is 4.39 Å². The minimum atomic E-state index is -0.179. The molecule has 21 heavy (non-hydrogen) atoms. The van der Waals surface area contributed by atoms with Gasteiger partial charge in [0.1, 0.15) is 5.82 Å². The van der Waals surface area contributed by atoms with Crippen LogP contribution >= 0.6 is 15.9 Å². The Hall–Kier alpha value is -0.450. The molecule has 0 amide bonds. The summed E-state index contributed by atoms with van der Waals surface area (Å²) >= 11 is 3.50. The molecule has 4 heteroatoms. The third-order valence-electron chi connectivity index (χ3n) is 4.84. The summed E-state index contributed by atoms with van der Waals surface area (Å²) in [4.78, 5) is 2.59. The minimum Gasteiger partial charge on any atom is -0.311 e. The third kappa shape index (κ3) is 3.66. The van der Waals surface area contributed by atoms with E-state index < -0.39 is 0 Å². The van der Waals surface area contributed by atoms with Crippen molar-refractivity contribution in [1.82, 2.24) is 10.2 Å². The van der Waals surface area contributed by atoms with Gasteiger partial charge in [-0.15, -0.1) is 0 Å². The standard InChI is InChI=1S/C17H24BrFN2/c1-11(2)17-8-20-16(12-3-4-12)10-21(17)9-13-5-6-14(19)7-15(13)18/h5-7,11-12,16-17,20H,3-4,8-10H2,1-2H3. The Morgan fingerprint density at radius 2 is 2.14 bits per heavy atom. The van der Waals surface area contributed by atoms with Gasteiger partial charge in [-0.1, -0.05) is 35.8 Å². The number of nitrogens with zero attached hydrogens (tertiary/aromatic N) is 1. The predicted octanol–water partition coefficient (Wildman–Crippen LogP) is 3.80. The van der Waals surface area contributed by atoms with Crippen LogP contribution in [-0.2, 0) is 6.54 Å². The first-order valence-corrected chi connectivity index (χ1v) is 8.75. The van der Waals surface area contributed by atoms with Crippen molar-refractivity contribution in [3.8, 4) is 0 Å². The molecule has 1 aromatic rings. The summed E-state index contributed by atoms with van der Waals surface area (Å²) in [7, 11) is 0. The molecule has 116 valence electrons. The van der Waals surface area contributed by atoms with Crippen LogP contribution < -0.4 is 5.32 Å². The van der Waals surface area contributed by atoms with E-state index in [9.17, 15) is 4.39 Å². The van der Waals surface area contributed by atoms with E-state index in [0.717, 1.165) is 30.0 Å². The van der Waals surface area contributed by atoms with Crippen LogP contribution in [0.15, 0.2) is 22.7 Å². The number of piperazine rings is 1. The topological polar surface area (TPSA) is 15.3 Å². The monoisotopic (exact) mass is 354 g/mol. The van der Waals surface area contributed by atoms with Crippen LogP contribution in [0.5, 0.6) is 0 Å². The molecule has 0 aromatic heterocycles. The smallest absolute Gasteiger partial charge is 0.124 e. The number of hydrogen-bond acceptors (Lipinski definition) is 2. The lowest BCUT2D eigenvalue weighted by molar-refractivity contribution is 0.0850. The van der Waals surface area contributed by atoms with Gasteiger partial charge >= 0.3 is 0 Å². The van der Waals surface area contributed by atoms with Crippen LogP contribution in [0.25, 0.3) is 0 Å². The van der Waals surface area contributed by atoms with E-state index in [1.807, 2.05) is 6.07 Å². The van der Waals surface area contributed by atoms with Crippen molar-refractivity contribution in [1.29, 1.82) is 0 Å². The Labute approximate surface area is 135 Å². The molecule has 1 N–H and O–H groups in total. The molecule has 2 atom stereocenters. The van der Waals surface area contributed by atoms with Gasteiger partial charge in [0.25, 0.3) is 0 Å². The number of halogens is 2. The van der Waals surface area contributed by atoms with E-state index in [1.165, 1.54) is 18.4 Å². The van der Waals surface area contributed by atoms with Gasteiger partial charge in [-0.25, -0.2) is 4.39 Å². The summed E-state index contributed by atoms with van der Waals surface area (Å²) in [6, 6.07) is 6.23. The first-order valence-electron chi connectivity index (χ1n) is 7.96. The molecule has 0 spiro atoms. The first-order chi connectivity index (χ1) is 10.0. The molecule has 1 aliphatic carbocycles. The van der Waals surface area contributed by atoms with Crippen molar-refractivity contribution < 1.29 is 4.39 Å². The molecule has 1 saturated carbocycles. The molecule has 2 unspecified atom stereocenters.